The highest BCUT2D eigenvalue weighted by Gasteiger charge is 2.20. The molecule has 0 spiro atoms. The molecule has 1 aliphatic carbocycles. The van der Waals surface area contributed by atoms with Gasteiger partial charge in [-0.25, -0.2) is 9.67 Å². The Hall–Kier alpha value is -3.26. The molecule has 8 heteroatoms. The summed E-state index contributed by atoms with van der Waals surface area (Å²) in [6, 6.07) is 9.55. The van der Waals surface area contributed by atoms with Crippen molar-refractivity contribution in [3.05, 3.63) is 74.9 Å². The number of fused-ring (bicyclic) bond motifs is 3. The zero-order valence-corrected chi connectivity index (χ0v) is 17.8. The summed E-state index contributed by atoms with van der Waals surface area (Å²) in [6.07, 6.45) is 8.39. The predicted octanol–water partition coefficient (Wildman–Crippen LogP) is 3.73. The number of benzene rings is 1. The monoisotopic (exact) mass is 434 g/mol. The van der Waals surface area contributed by atoms with Crippen LogP contribution in [-0.4, -0.2) is 25.7 Å². The molecule has 0 saturated carbocycles. The predicted molar refractivity (Wildman–Crippen MR) is 119 cm³/mol. The molecule has 3 aromatic heterocycles. The molecule has 3 heterocycles. The van der Waals surface area contributed by atoms with Gasteiger partial charge in [0.2, 0.25) is 0 Å². The number of esters is 1. The first-order chi connectivity index (χ1) is 15.2. The van der Waals surface area contributed by atoms with E-state index in [0.29, 0.717) is 12.2 Å². The van der Waals surface area contributed by atoms with E-state index in [0.717, 1.165) is 40.7 Å². The largest absolute Gasteiger partial charge is 0.461 e. The van der Waals surface area contributed by atoms with Gasteiger partial charge in [-0.3, -0.25) is 9.59 Å². The van der Waals surface area contributed by atoms with Gasteiger partial charge in [-0.05, 0) is 55.0 Å². The zero-order valence-electron chi connectivity index (χ0n) is 17.0. The van der Waals surface area contributed by atoms with E-state index in [-0.39, 0.29) is 24.6 Å². The third kappa shape index (κ3) is 4.16. The number of nitrogens with one attached hydrogen (secondary N) is 1. The third-order valence-corrected chi connectivity index (χ3v) is 6.73. The third-order valence-electron chi connectivity index (χ3n) is 5.55. The summed E-state index contributed by atoms with van der Waals surface area (Å²) >= 11 is 1.62. The molecule has 0 aliphatic heterocycles. The fourth-order valence-electron chi connectivity index (χ4n) is 3.95. The average Bonchev–Trinajstić information content (AvgIpc) is 3.44. The number of aromatic amines is 1. The van der Waals surface area contributed by atoms with Crippen molar-refractivity contribution >= 4 is 27.5 Å². The SMILES string of the molecule is O=C(CCc1nc2sc3c(c2c(=O)[nH]1)CCCC3)OCc1ccc(-n2cccn2)cc1. The number of carbonyl (C=O) groups excluding carboxylic acids is 1. The van der Waals surface area contributed by atoms with E-state index in [4.69, 9.17) is 4.74 Å². The number of aromatic nitrogens is 4. The minimum absolute atomic E-state index is 0.0926. The van der Waals surface area contributed by atoms with Gasteiger partial charge in [0.25, 0.3) is 5.56 Å². The minimum atomic E-state index is -0.315. The molecule has 4 aromatic rings. The number of rotatable bonds is 6. The number of hydrogen-bond acceptors (Lipinski definition) is 6. The molecule has 0 unspecified atom stereocenters. The molecule has 0 amide bonds. The summed E-state index contributed by atoms with van der Waals surface area (Å²) in [5.74, 6) is 0.223. The van der Waals surface area contributed by atoms with Crippen LogP contribution in [0.15, 0.2) is 47.5 Å². The molecule has 158 valence electrons. The van der Waals surface area contributed by atoms with Crippen LogP contribution in [0.3, 0.4) is 0 Å². The maximum Gasteiger partial charge on any atom is 0.306 e. The number of nitrogens with zero attached hydrogens (tertiary/aromatic N) is 3. The Morgan fingerprint density at radius 2 is 2.03 bits per heavy atom. The van der Waals surface area contributed by atoms with Gasteiger partial charge in [-0.15, -0.1) is 11.3 Å². The lowest BCUT2D eigenvalue weighted by atomic mass is 9.97. The number of H-pyrrole nitrogens is 1. The van der Waals surface area contributed by atoms with Crippen molar-refractivity contribution in [2.24, 2.45) is 0 Å². The second-order valence-electron chi connectivity index (χ2n) is 7.68. The normalized spacial score (nSPS) is 13.3. The van der Waals surface area contributed by atoms with Gasteiger partial charge in [0.05, 0.1) is 17.5 Å². The molecular formula is C23H22N4O3S. The minimum Gasteiger partial charge on any atom is -0.461 e. The van der Waals surface area contributed by atoms with Gasteiger partial charge < -0.3 is 9.72 Å². The molecule has 1 aliphatic rings. The van der Waals surface area contributed by atoms with Crippen LogP contribution in [0.4, 0.5) is 0 Å². The Morgan fingerprint density at radius 3 is 2.84 bits per heavy atom. The molecule has 1 N–H and O–H groups in total. The Morgan fingerprint density at radius 1 is 1.19 bits per heavy atom. The summed E-state index contributed by atoms with van der Waals surface area (Å²) in [5, 5.41) is 4.93. The quantitative estimate of drug-likeness (QED) is 0.467. The molecule has 1 aromatic carbocycles. The molecule has 5 rings (SSSR count). The lowest BCUT2D eigenvalue weighted by Gasteiger charge is -2.09. The maximum atomic E-state index is 12.6. The Balaban J connectivity index is 1.19. The van der Waals surface area contributed by atoms with E-state index < -0.39 is 0 Å². The van der Waals surface area contributed by atoms with Gasteiger partial charge in [0.1, 0.15) is 17.3 Å². The highest BCUT2D eigenvalue weighted by Crippen LogP contribution is 2.33. The Kier molecular flexibility index (Phi) is 5.38. The van der Waals surface area contributed by atoms with Crippen molar-refractivity contribution in [3.63, 3.8) is 0 Å². The van der Waals surface area contributed by atoms with Crippen LogP contribution in [0.5, 0.6) is 0 Å². The van der Waals surface area contributed by atoms with Gasteiger partial charge in [-0.2, -0.15) is 5.10 Å². The standard InChI is InChI=1S/C23H22N4O3S/c28-20(30-14-15-6-8-16(9-7-15)27-13-3-12-24-27)11-10-19-25-22(29)21-17-4-1-2-5-18(17)31-23(21)26-19/h3,6-9,12-13H,1-2,4-5,10-11,14H2,(H,25,26,29). The molecular weight excluding hydrogens is 412 g/mol. The molecule has 0 saturated heterocycles. The molecule has 0 atom stereocenters. The van der Waals surface area contributed by atoms with Crippen molar-refractivity contribution in [1.82, 2.24) is 19.7 Å². The number of hydrogen-bond donors (Lipinski definition) is 1. The van der Waals surface area contributed by atoms with E-state index in [1.165, 1.54) is 16.9 Å². The summed E-state index contributed by atoms with van der Waals surface area (Å²) in [7, 11) is 0. The van der Waals surface area contributed by atoms with E-state index in [1.807, 2.05) is 36.5 Å². The highest BCUT2D eigenvalue weighted by atomic mass is 32.1. The summed E-state index contributed by atoms with van der Waals surface area (Å²) < 4.78 is 7.15. The lowest BCUT2D eigenvalue weighted by Crippen LogP contribution is -2.14. The summed E-state index contributed by atoms with van der Waals surface area (Å²) in [4.78, 5) is 34.3. The zero-order chi connectivity index (χ0) is 21.2. The van der Waals surface area contributed by atoms with Crippen LogP contribution in [-0.2, 0) is 35.4 Å². The number of ether oxygens (including phenoxy) is 1. The smallest absolute Gasteiger partial charge is 0.306 e. The first kappa shape index (κ1) is 19.7. The van der Waals surface area contributed by atoms with Gasteiger partial charge in [0, 0.05) is 23.7 Å². The molecule has 0 fully saturated rings. The molecule has 0 bridgehead atoms. The summed E-state index contributed by atoms with van der Waals surface area (Å²) in [6.45, 7) is 0.207. The van der Waals surface area contributed by atoms with Crippen molar-refractivity contribution < 1.29 is 9.53 Å². The van der Waals surface area contributed by atoms with Gasteiger partial charge >= 0.3 is 5.97 Å². The number of thiophene rings is 1. The average molecular weight is 435 g/mol. The van der Waals surface area contributed by atoms with Crippen molar-refractivity contribution in [3.8, 4) is 5.69 Å². The Bertz CT molecular complexity index is 1270. The molecule has 7 nitrogen and oxygen atoms in total. The van der Waals surface area contributed by atoms with Crippen LogP contribution >= 0.6 is 11.3 Å². The van der Waals surface area contributed by atoms with E-state index >= 15 is 0 Å². The second-order valence-corrected chi connectivity index (χ2v) is 8.77. The fourth-order valence-corrected chi connectivity index (χ4v) is 5.23. The van der Waals surface area contributed by atoms with Crippen molar-refractivity contribution in [2.75, 3.05) is 0 Å². The maximum absolute atomic E-state index is 12.6. The topological polar surface area (TPSA) is 89.9 Å². The summed E-state index contributed by atoms with van der Waals surface area (Å²) in [5.41, 5.74) is 2.93. The van der Waals surface area contributed by atoms with Gasteiger partial charge in [0.15, 0.2) is 0 Å². The highest BCUT2D eigenvalue weighted by molar-refractivity contribution is 7.18. The van der Waals surface area contributed by atoms with E-state index in [2.05, 4.69) is 15.1 Å². The fraction of sp³-hybridized carbons (Fsp3) is 0.304. The number of carbonyl (C=O) groups is 1. The Labute approximate surface area is 182 Å². The van der Waals surface area contributed by atoms with Crippen LogP contribution < -0.4 is 5.56 Å². The van der Waals surface area contributed by atoms with Crippen molar-refractivity contribution in [1.29, 1.82) is 0 Å². The van der Waals surface area contributed by atoms with Crippen molar-refractivity contribution in [2.45, 2.75) is 45.1 Å². The number of aryl methyl sites for hydroxylation is 3. The first-order valence-electron chi connectivity index (χ1n) is 10.5. The molecule has 31 heavy (non-hydrogen) atoms. The van der Waals surface area contributed by atoms with E-state index in [1.54, 1.807) is 22.2 Å². The van der Waals surface area contributed by atoms with Crippen LogP contribution in [0.2, 0.25) is 0 Å². The first-order valence-corrected chi connectivity index (χ1v) is 11.3. The van der Waals surface area contributed by atoms with E-state index in [9.17, 15) is 9.59 Å². The second kappa shape index (κ2) is 8.47. The van der Waals surface area contributed by atoms with Crippen LogP contribution in [0.25, 0.3) is 15.9 Å². The lowest BCUT2D eigenvalue weighted by molar-refractivity contribution is -0.144. The van der Waals surface area contributed by atoms with Gasteiger partial charge in [-0.1, -0.05) is 12.1 Å². The molecule has 0 radical (unpaired) electrons. The van der Waals surface area contributed by atoms with Crippen LogP contribution in [0, 0.1) is 0 Å². The van der Waals surface area contributed by atoms with Crippen LogP contribution in [0.1, 0.15) is 41.1 Å².